The molecule has 0 saturated heterocycles. The van der Waals surface area contributed by atoms with Crippen molar-refractivity contribution in [3.8, 4) is 0 Å². The van der Waals surface area contributed by atoms with Gasteiger partial charge in [0.1, 0.15) is 8.86 Å². The monoisotopic (exact) mass is 633 g/mol. The summed E-state index contributed by atoms with van der Waals surface area (Å²) in [5.41, 5.74) is 0. The molecule has 0 aromatic rings. The molecule has 0 N–H and O–H groups in total. The molecule has 0 atom stereocenters. The third kappa shape index (κ3) is 36.7. The highest BCUT2D eigenvalue weighted by atomic mass is 127. The molecule has 37 heavy (non-hydrogen) atoms. The van der Waals surface area contributed by atoms with Crippen LogP contribution >= 0.6 is 0 Å². The Kier molecular flexibility index (Phi) is 37.5. The molecule has 0 bridgehead atoms. The Bertz CT molecular complexity index is 332. The molecule has 0 radical (unpaired) electrons. The van der Waals surface area contributed by atoms with E-state index in [1.54, 1.807) is 21.7 Å². The van der Waals surface area contributed by atoms with Crippen LogP contribution in [0.4, 0.5) is 0 Å². The Hall–Kier alpha value is 0.730. The van der Waals surface area contributed by atoms with Gasteiger partial charge in [0.15, 0.2) is 0 Å². The lowest BCUT2D eigenvalue weighted by Crippen LogP contribution is -3.63. The fourth-order valence-electron chi connectivity index (χ4n) is 5.57. The van der Waals surface area contributed by atoms with Crippen LogP contribution in [-0.4, -0.2) is 8.86 Å². The van der Waals surface area contributed by atoms with Crippen molar-refractivity contribution in [3.63, 3.8) is 0 Å². The Morgan fingerprint density at radius 1 is 0.216 bits per heavy atom. The first-order chi connectivity index (χ1) is 18.4. The molecule has 0 unspecified atom stereocenters. The number of rotatable bonds is 34. The van der Waals surface area contributed by atoms with Gasteiger partial charge in [-0.2, -0.15) is 0 Å². The van der Waals surface area contributed by atoms with Crippen molar-refractivity contribution in [1.82, 2.24) is 0 Å². The van der Waals surface area contributed by atoms with Crippen LogP contribution < -0.4 is 21.2 Å². The largest absolute Gasteiger partial charge is 0.268 e. The predicted molar refractivity (Wildman–Crippen MR) is 169 cm³/mol. The van der Waals surface area contributed by atoms with Gasteiger partial charge >= 0.3 is 0 Å². The number of alkyl halides is 2. The highest BCUT2D eigenvalue weighted by molar-refractivity contribution is 4.51. The van der Waals surface area contributed by atoms with E-state index in [4.69, 9.17) is 0 Å². The second kappa shape index (κ2) is 36.7. The van der Waals surface area contributed by atoms with E-state index in [9.17, 15) is 0 Å². The van der Waals surface area contributed by atoms with E-state index < -0.39 is 0 Å². The van der Waals surface area contributed by atoms with Crippen molar-refractivity contribution >= 4 is 0 Å². The fourth-order valence-corrected chi connectivity index (χ4v) is 8.27. The van der Waals surface area contributed by atoms with Gasteiger partial charge in [-0.3, -0.25) is 0 Å². The molecule has 0 aromatic heterocycles. The molecular formula is C36H74I+. The van der Waals surface area contributed by atoms with Gasteiger partial charge in [0.2, 0.25) is 0 Å². The number of unbranched alkanes of at least 4 members (excludes halogenated alkanes) is 30. The summed E-state index contributed by atoms with van der Waals surface area (Å²) in [6.07, 6.45) is 47.7. The minimum Gasteiger partial charge on any atom is -0.0654 e. The summed E-state index contributed by atoms with van der Waals surface area (Å²) in [7, 11) is 0. The lowest BCUT2D eigenvalue weighted by Gasteiger charge is -2.03. The summed E-state index contributed by atoms with van der Waals surface area (Å²) in [6, 6.07) is 0. The molecule has 0 saturated carbocycles. The molecule has 0 rings (SSSR count). The lowest BCUT2D eigenvalue weighted by molar-refractivity contribution is -0.655. The van der Waals surface area contributed by atoms with Crippen molar-refractivity contribution in [2.24, 2.45) is 0 Å². The molecule has 0 aliphatic heterocycles. The quantitative estimate of drug-likeness (QED) is 0.0376. The van der Waals surface area contributed by atoms with Crippen molar-refractivity contribution < 1.29 is 21.2 Å². The van der Waals surface area contributed by atoms with Gasteiger partial charge in [0.25, 0.3) is 21.2 Å². The molecule has 0 aliphatic carbocycles. The zero-order valence-electron chi connectivity index (χ0n) is 26.4. The van der Waals surface area contributed by atoms with Gasteiger partial charge in [0, 0.05) is 0 Å². The van der Waals surface area contributed by atoms with Crippen LogP contribution in [0.5, 0.6) is 0 Å². The zero-order valence-corrected chi connectivity index (χ0v) is 28.6. The van der Waals surface area contributed by atoms with E-state index in [1.807, 2.05) is 0 Å². The zero-order chi connectivity index (χ0) is 26.7. The standard InChI is InChI=1S/C36H74I/c1-3-5-7-9-11-13-15-17-19-21-23-25-27-29-31-33-35-37-36-34-32-30-28-26-24-22-20-18-16-14-12-10-8-6-4-2/h3-36H2,1-2H3/q+1. The van der Waals surface area contributed by atoms with Crippen LogP contribution in [0.25, 0.3) is 0 Å². The van der Waals surface area contributed by atoms with E-state index in [1.165, 1.54) is 193 Å². The first kappa shape index (κ1) is 37.7. The molecule has 0 nitrogen and oxygen atoms in total. The second-order valence-electron chi connectivity index (χ2n) is 12.2. The predicted octanol–water partition coefficient (Wildman–Crippen LogP) is 10.6. The molecule has 0 heterocycles. The molecule has 0 fully saturated rings. The van der Waals surface area contributed by atoms with Crippen LogP contribution in [0.3, 0.4) is 0 Å². The summed E-state index contributed by atoms with van der Waals surface area (Å²) in [6.45, 7) is 4.62. The maximum Gasteiger partial charge on any atom is 0.268 e. The molecular weight excluding hydrogens is 559 g/mol. The lowest BCUT2D eigenvalue weighted by atomic mass is 10.0. The topological polar surface area (TPSA) is 0 Å². The molecule has 0 aromatic carbocycles. The average molecular weight is 634 g/mol. The summed E-state index contributed by atoms with van der Waals surface area (Å²) in [5, 5.41) is 0. The van der Waals surface area contributed by atoms with Gasteiger partial charge in [-0.15, -0.1) is 0 Å². The van der Waals surface area contributed by atoms with E-state index in [2.05, 4.69) is 13.8 Å². The highest BCUT2D eigenvalue weighted by Crippen LogP contribution is 2.15. The molecule has 0 spiro atoms. The van der Waals surface area contributed by atoms with E-state index in [-0.39, 0.29) is 0 Å². The van der Waals surface area contributed by atoms with Crippen LogP contribution in [-0.2, 0) is 0 Å². The van der Waals surface area contributed by atoms with Crippen LogP contribution in [0, 0.1) is 0 Å². The highest BCUT2D eigenvalue weighted by Gasteiger charge is 2.05. The van der Waals surface area contributed by atoms with Crippen molar-refractivity contribution in [2.45, 2.75) is 219 Å². The minimum atomic E-state index is 0.535. The average Bonchev–Trinajstić information content (AvgIpc) is 2.91. The Balaban J connectivity index is 3.00. The molecule has 224 valence electrons. The van der Waals surface area contributed by atoms with Crippen LogP contribution in [0.15, 0.2) is 0 Å². The van der Waals surface area contributed by atoms with E-state index >= 15 is 0 Å². The molecule has 0 aliphatic rings. The minimum absolute atomic E-state index is 0.535. The van der Waals surface area contributed by atoms with Gasteiger partial charge in [0.05, 0.1) is 0 Å². The van der Waals surface area contributed by atoms with Gasteiger partial charge in [-0.25, -0.2) is 0 Å². The van der Waals surface area contributed by atoms with Crippen molar-refractivity contribution in [3.05, 3.63) is 0 Å². The fraction of sp³-hybridized carbons (Fsp3) is 1.00. The maximum absolute atomic E-state index is 2.31. The third-order valence-electron chi connectivity index (χ3n) is 8.24. The Morgan fingerprint density at radius 2 is 0.378 bits per heavy atom. The number of hydrogen-bond donors (Lipinski definition) is 0. The Morgan fingerprint density at radius 3 is 0.568 bits per heavy atom. The van der Waals surface area contributed by atoms with Gasteiger partial charge in [-0.05, 0) is 25.7 Å². The Labute approximate surface area is 248 Å². The van der Waals surface area contributed by atoms with E-state index in [0.717, 1.165) is 0 Å². The third-order valence-corrected chi connectivity index (χ3v) is 11.3. The summed E-state index contributed by atoms with van der Waals surface area (Å²) in [5.74, 6) is 0. The van der Waals surface area contributed by atoms with Crippen LogP contribution in [0.2, 0.25) is 0 Å². The van der Waals surface area contributed by atoms with Crippen molar-refractivity contribution in [1.29, 1.82) is 0 Å². The molecule has 1 heteroatoms. The summed E-state index contributed by atoms with van der Waals surface area (Å²) in [4.78, 5) is 0. The first-order valence-electron chi connectivity index (χ1n) is 17.9. The van der Waals surface area contributed by atoms with E-state index in [0.29, 0.717) is 21.2 Å². The number of halogens is 1. The SMILES string of the molecule is CCCCCCCCCCCCCCCCCC[I+]CCCCCCCCCCCCCCCCCC. The molecule has 0 amide bonds. The smallest absolute Gasteiger partial charge is 0.0654 e. The van der Waals surface area contributed by atoms with Crippen LogP contribution in [0.1, 0.15) is 219 Å². The number of hydrogen-bond acceptors (Lipinski definition) is 0. The summed E-state index contributed by atoms with van der Waals surface area (Å²) < 4.78 is 3.21. The van der Waals surface area contributed by atoms with Crippen molar-refractivity contribution in [2.75, 3.05) is 8.86 Å². The summed E-state index contributed by atoms with van der Waals surface area (Å²) >= 11 is 0.535. The van der Waals surface area contributed by atoms with Gasteiger partial charge in [-0.1, -0.05) is 194 Å². The van der Waals surface area contributed by atoms with Gasteiger partial charge < -0.3 is 0 Å². The second-order valence-corrected chi connectivity index (χ2v) is 15.4. The normalized spacial score (nSPS) is 11.5. The first-order valence-corrected chi connectivity index (χ1v) is 21.0. The maximum atomic E-state index is 2.31.